The maximum Gasteiger partial charge on any atom is 0.410 e. The van der Waals surface area contributed by atoms with Gasteiger partial charge in [0.1, 0.15) is 29.2 Å². The molecule has 1 aromatic heterocycles. The number of hydrogen-bond donors (Lipinski definition) is 4. The van der Waals surface area contributed by atoms with Gasteiger partial charge in [0.05, 0.1) is 12.1 Å². The van der Waals surface area contributed by atoms with E-state index in [1.807, 2.05) is 0 Å². The summed E-state index contributed by atoms with van der Waals surface area (Å²) in [5, 5.41) is 27.1. The lowest BCUT2D eigenvalue weighted by molar-refractivity contribution is -0.0113. The fraction of sp³-hybridized carbons (Fsp3) is 0.556. The minimum atomic E-state index is -1.06. The number of aliphatic hydroxyl groups is 1. The van der Waals surface area contributed by atoms with E-state index in [-0.39, 0.29) is 24.5 Å². The summed E-state index contributed by atoms with van der Waals surface area (Å²) >= 11 is 0. The van der Waals surface area contributed by atoms with Gasteiger partial charge in [-0.15, -0.1) is 0 Å². The molecule has 10 heteroatoms. The van der Waals surface area contributed by atoms with Crippen LogP contribution in [0.1, 0.15) is 74.5 Å². The lowest BCUT2D eigenvalue weighted by Crippen LogP contribution is -2.54. The third kappa shape index (κ3) is 7.09. The highest BCUT2D eigenvalue weighted by molar-refractivity contribution is 5.92. The maximum absolute atomic E-state index is 13.0. The van der Waals surface area contributed by atoms with Crippen molar-refractivity contribution in [3.8, 4) is 5.75 Å². The molecule has 4 rings (SSSR count). The van der Waals surface area contributed by atoms with Crippen LogP contribution in [0.25, 0.3) is 0 Å². The van der Waals surface area contributed by atoms with E-state index in [4.69, 9.17) is 4.74 Å². The number of rotatable bonds is 6. The van der Waals surface area contributed by atoms with Gasteiger partial charge in [-0.05, 0) is 63.3 Å². The van der Waals surface area contributed by atoms with Crippen molar-refractivity contribution in [2.24, 2.45) is 0 Å². The lowest BCUT2D eigenvalue weighted by atomic mass is 9.91. The van der Waals surface area contributed by atoms with Crippen molar-refractivity contribution in [3.05, 3.63) is 47.4 Å². The highest BCUT2D eigenvalue weighted by Gasteiger charge is 2.37. The lowest BCUT2D eigenvalue weighted by Gasteiger charge is -2.40. The van der Waals surface area contributed by atoms with Gasteiger partial charge in [-0.1, -0.05) is 25.3 Å². The van der Waals surface area contributed by atoms with Crippen LogP contribution in [0.4, 0.5) is 10.6 Å². The van der Waals surface area contributed by atoms with Crippen LogP contribution in [-0.2, 0) is 17.7 Å². The van der Waals surface area contributed by atoms with Crippen LogP contribution in [0.3, 0.4) is 0 Å². The van der Waals surface area contributed by atoms with Crippen molar-refractivity contribution in [3.63, 3.8) is 0 Å². The molecule has 37 heavy (non-hydrogen) atoms. The zero-order chi connectivity index (χ0) is 26.6. The number of aromatic nitrogens is 2. The third-order valence-electron chi connectivity index (χ3n) is 6.76. The normalized spacial score (nSPS) is 19.0. The van der Waals surface area contributed by atoms with E-state index < -0.39 is 29.7 Å². The first-order chi connectivity index (χ1) is 17.6. The average Bonchev–Trinajstić information content (AvgIpc) is 2.86. The van der Waals surface area contributed by atoms with Crippen LogP contribution in [0.5, 0.6) is 5.75 Å². The monoisotopic (exact) mass is 511 g/mol. The molecule has 0 bridgehead atoms. The molecule has 1 aliphatic carbocycles. The third-order valence-corrected chi connectivity index (χ3v) is 6.76. The Morgan fingerprint density at radius 1 is 1.14 bits per heavy atom. The minimum Gasteiger partial charge on any atom is -0.508 e. The predicted molar refractivity (Wildman–Crippen MR) is 138 cm³/mol. The largest absolute Gasteiger partial charge is 0.508 e. The summed E-state index contributed by atoms with van der Waals surface area (Å²) < 4.78 is 5.58. The van der Waals surface area contributed by atoms with Gasteiger partial charge in [-0.2, -0.15) is 0 Å². The fourth-order valence-corrected chi connectivity index (χ4v) is 4.90. The molecule has 200 valence electrons. The molecule has 2 aromatic rings. The zero-order valence-corrected chi connectivity index (χ0v) is 21.7. The molecule has 2 heterocycles. The molecule has 1 fully saturated rings. The summed E-state index contributed by atoms with van der Waals surface area (Å²) in [5.41, 5.74) is 1.20. The van der Waals surface area contributed by atoms with Crippen LogP contribution in [0, 0.1) is 0 Å². The molecule has 1 aromatic carbocycles. The molecule has 0 saturated heterocycles. The summed E-state index contributed by atoms with van der Waals surface area (Å²) in [5.74, 6) is 0.283. The van der Waals surface area contributed by atoms with Crippen molar-refractivity contribution in [2.75, 3.05) is 11.9 Å². The zero-order valence-electron chi connectivity index (χ0n) is 21.7. The van der Waals surface area contributed by atoms with Crippen LogP contribution in [0.2, 0.25) is 0 Å². The smallest absolute Gasteiger partial charge is 0.410 e. The first-order valence-electron chi connectivity index (χ1n) is 12.9. The van der Waals surface area contributed by atoms with Crippen molar-refractivity contribution >= 4 is 17.8 Å². The molecule has 2 amide bonds. The second-order valence-corrected chi connectivity index (χ2v) is 10.9. The number of benzene rings is 1. The van der Waals surface area contributed by atoms with E-state index in [2.05, 4.69) is 20.6 Å². The van der Waals surface area contributed by atoms with Gasteiger partial charge < -0.3 is 25.6 Å². The van der Waals surface area contributed by atoms with E-state index >= 15 is 0 Å². The molecule has 0 unspecified atom stereocenters. The van der Waals surface area contributed by atoms with Crippen molar-refractivity contribution in [1.29, 1.82) is 0 Å². The van der Waals surface area contributed by atoms with Gasteiger partial charge in [-0.25, -0.2) is 14.8 Å². The van der Waals surface area contributed by atoms with Gasteiger partial charge >= 0.3 is 6.09 Å². The van der Waals surface area contributed by atoms with Crippen LogP contribution in [0.15, 0.2) is 30.6 Å². The number of fused-ring (bicyclic) bond motifs is 1. The number of phenols is 1. The number of nitrogens with zero attached hydrogens (tertiary/aromatic N) is 3. The van der Waals surface area contributed by atoms with Crippen molar-refractivity contribution < 1.29 is 24.5 Å². The summed E-state index contributed by atoms with van der Waals surface area (Å²) in [6, 6.07) is 6.33. The number of carbonyl (C=O) groups excluding carboxylic acids is 2. The maximum atomic E-state index is 13.0. The fourth-order valence-electron chi connectivity index (χ4n) is 4.90. The van der Waals surface area contributed by atoms with Crippen LogP contribution < -0.4 is 10.6 Å². The number of phenolic OH excluding ortho intramolecular Hbond substituents is 1. The highest BCUT2D eigenvalue weighted by Crippen LogP contribution is 2.29. The first kappa shape index (κ1) is 26.7. The second-order valence-electron chi connectivity index (χ2n) is 10.9. The van der Waals surface area contributed by atoms with Crippen LogP contribution in [-0.4, -0.2) is 67.4 Å². The molecular weight excluding hydrogens is 474 g/mol. The SMILES string of the molecule is CC(C)(C)OC(=O)N1Cc2cc(O)ccc2C[C@H]1[C@H](O)CNC(=O)c1cc(NC2CCCCC2)ncn1. The van der Waals surface area contributed by atoms with Crippen molar-refractivity contribution in [1.82, 2.24) is 20.2 Å². The van der Waals surface area contributed by atoms with Gasteiger partial charge in [0.2, 0.25) is 0 Å². The van der Waals surface area contributed by atoms with Gasteiger partial charge in [0.15, 0.2) is 0 Å². The summed E-state index contributed by atoms with van der Waals surface area (Å²) in [4.78, 5) is 35.6. The molecule has 4 N–H and O–H groups in total. The molecule has 10 nitrogen and oxygen atoms in total. The number of ether oxygens (including phenoxy) is 1. The summed E-state index contributed by atoms with van der Waals surface area (Å²) in [7, 11) is 0. The quantitative estimate of drug-likeness (QED) is 0.463. The van der Waals surface area contributed by atoms with Gasteiger partial charge in [-0.3, -0.25) is 9.69 Å². The number of aliphatic hydroxyl groups excluding tert-OH is 1. The number of nitrogens with one attached hydrogen (secondary N) is 2. The molecule has 0 radical (unpaired) electrons. The topological polar surface area (TPSA) is 137 Å². The summed E-state index contributed by atoms with van der Waals surface area (Å²) in [6.07, 6.45) is 5.86. The Bertz CT molecular complexity index is 1110. The van der Waals surface area contributed by atoms with E-state index in [0.717, 1.165) is 24.0 Å². The Kier molecular flexibility index (Phi) is 8.16. The molecule has 0 spiro atoms. The van der Waals surface area contributed by atoms with Crippen LogP contribution >= 0.6 is 0 Å². The van der Waals surface area contributed by atoms with E-state index in [9.17, 15) is 19.8 Å². The Morgan fingerprint density at radius 2 is 1.89 bits per heavy atom. The Labute approximate surface area is 217 Å². The Morgan fingerprint density at radius 3 is 2.62 bits per heavy atom. The van der Waals surface area contributed by atoms with E-state index in [0.29, 0.717) is 18.3 Å². The standard InChI is InChI=1S/C27H37N5O5/c1-27(2,3)37-26(36)32-15-18-11-20(33)10-9-17(18)12-22(32)23(34)14-28-25(35)21-13-24(30-16-29-21)31-19-7-5-4-6-8-19/h9-11,13,16,19,22-23,33-34H,4-8,12,14-15H2,1-3H3,(H,28,35)(H,29,30,31)/t22-,23+/m0/s1. The first-order valence-corrected chi connectivity index (χ1v) is 12.9. The molecule has 2 aliphatic rings. The van der Waals surface area contributed by atoms with E-state index in [1.54, 1.807) is 45.0 Å². The highest BCUT2D eigenvalue weighted by atomic mass is 16.6. The summed E-state index contributed by atoms with van der Waals surface area (Å²) in [6.45, 7) is 5.43. The average molecular weight is 512 g/mol. The molecule has 1 aliphatic heterocycles. The molecule has 2 atom stereocenters. The molecular formula is C27H37N5O5. The number of amides is 2. The number of hydrogen-bond acceptors (Lipinski definition) is 8. The number of aromatic hydroxyl groups is 1. The second kappa shape index (κ2) is 11.3. The minimum absolute atomic E-state index is 0.0778. The number of anilines is 1. The Balaban J connectivity index is 1.42. The molecule has 1 saturated carbocycles. The Hall–Kier alpha value is -3.40. The van der Waals surface area contributed by atoms with Crippen molar-refractivity contribution in [2.45, 2.75) is 89.6 Å². The number of carbonyl (C=O) groups is 2. The predicted octanol–water partition coefficient (Wildman–Crippen LogP) is 3.38. The van der Waals surface area contributed by atoms with E-state index in [1.165, 1.54) is 30.5 Å². The van der Waals surface area contributed by atoms with Gasteiger partial charge in [0, 0.05) is 25.2 Å². The van der Waals surface area contributed by atoms with Gasteiger partial charge in [0.25, 0.3) is 5.91 Å².